The second-order valence-electron chi connectivity index (χ2n) is 4.99. The molecule has 0 N–H and O–H groups in total. The molecule has 1 aliphatic heterocycles. The Morgan fingerprint density at radius 2 is 1.79 bits per heavy atom. The number of hydrogen-bond donors (Lipinski definition) is 0. The van der Waals surface area contributed by atoms with Gasteiger partial charge in [-0.05, 0) is 6.42 Å². The van der Waals surface area contributed by atoms with Gasteiger partial charge in [-0.2, -0.15) is 5.10 Å². The number of nitrogens with zero attached hydrogens (tertiary/aromatic N) is 4. The Labute approximate surface area is 125 Å². The number of aromatic nitrogens is 2. The molecule has 6 heteroatoms. The quantitative estimate of drug-likeness (QED) is 0.778. The fraction of sp³-hybridized carbons (Fsp3) is 0.769. The van der Waals surface area contributed by atoms with E-state index in [0.29, 0.717) is 5.88 Å². The van der Waals surface area contributed by atoms with Crippen LogP contribution in [0, 0.1) is 0 Å². The molecule has 108 valence electrons. The van der Waals surface area contributed by atoms with Crippen molar-refractivity contribution in [1.82, 2.24) is 19.6 Å². The predicted molar refractivity (Wildman–Crippen MR) is 80.0 cm³/mol. The van der Waals surface area contributed by atoms with Gasteiger partial charge in [-0.1, -0.05) is 18.5 Å². The van der Waals surface area contributed by atoms with Crippen molar-refractivity contribution in [3.63, 3.8) is 0 Å². The van der Waals surface area contributed by atoms with E-state index in [1.165, 1.54) is 0 Å². The van der Waals surface area contributed by atoms with Gasteiger partial charge >= 0.3 is 0 Å². The van der Waals surface area contributed by atoms with E-state index in [1.807, 2.05) is 11.7 Å². The molecular formula is C13H22Cl2N4. The normalized spacial score (nSPS) is 18.1. The molecule has 0 unspecified atom stereocenters. The van der Waals surface area contributed by atoms with Gasteiger partial charge in [-0.25, -0.2) is 0 Å². The number of hydrogen-bond acceptors (Lipinski definition) is 3. The monoisotopic (exact) mass is 304 g/mol. The van der Waals surface area contributed by atoms with Crippen LogP contribution in [0.1, 0.15) is 18.3 Å². The largest absolute Gasteiger partial charge is 0.300 e. The Morgan fingerprint density at radius 3 is 2.32 bits per heavy atom. The topological polar surface area (TPSA) is 24.3 Å². The average molecular weight is 305 g/mol. The van der Waals surface area contributed by atoms with Crippen molar-refractivity contribution < 1.29 is 0 Å². The zero-order valence-electron chi connectivity index (χ0n) is 11.7. The van der Waals surface area contributed by atoms with Crippen LogP contribution in [0.5, 0.6) is 0 Å². The molecule has 1 saturated heterocycles. The molecule has 0 atom stereocenters. The summed E-state index contributed by atoms with van der Waals surface area (Å²) in [7, 11) is 1.98. The van der Waals surface area contributed by atoms with E-state index in [4.69, 9.17) is 23.2 Å². The highest BCUT2D eigenvalue weighted by molar-refractivity contribution is 6.31. The van der Waals surface area contributed by atoms with Crippen LogP contribution >= 0.6 is 23.2 Å². The third-order valence-electron chi connectivity index (χ3n) is 3.74. The summed E-state index contributed by atoms with van der Waals surface area (Å²) in [6.45, 7) is 8.27. The van der Waals surface area contributed by atoms with Gasteiger partial charge in [-0.15, -0.1) is 11.6 Å². The Morgan fingerprint density at radius 1 is 1.16 bits per heavy atom. The van der Waals surface area contributed by atoms with Crippen LogP contribution in [-0.2, 0) is 20.0 Å². The lowest BCUT2D eigenvalue weighted by molar-refractivity contribution is 0.130. The molecule has 0 bridgehead atoms. The highest BCUT2D eigenvalue weighted by Crippen LogP contribution is 2.22. The molecule has 1 aromatic rings. The minimum atomic E-state index is 0.716. The van der Waals surface area contributed by atoms with E-state index < -0.39 is 0 Å². The van der Waals surface area contributed by atoms with Crippen LogP contribution in [0.2, 0.25) is 5.02 Å². The number of alkyl halides is 1. The van der Waals surface area contributed by atoms with Gasteiger partial charge in [0.1, 0.15) is 0 Å². The summed E-state index contributed by atoms with van der Waals surface area (Å²) in [5.41, 5.74) is 2.13. The van der Waals surface area contributed by atoms with Crippen molar-refractivity contribution in [2.45, 2.75) is 19.9 Å². The van der Waals surface area contributed by atoms with Gasteiger partial charge in [0.2, 0.25) is 0 Å². The number of rotatable bonds is 5. The summed E-state index contributed by atoms with van der Waals surface area (Å²) in [5.74, 6) is 0.716. The van der Waals surface area contributed by atoms with Crippen LogP contribution in [0.25, 0.3) is 0 Å². The van der Waals surface area contributed by atoms with Crippen molar-refractivity contribution in [3.05, 3.63) is 16.4 Å². The number of aryl methyl sites for hydroxylation is 2. The van der Waals surface area contributed by atoms with E-state index in [9.17, 15) is 0 Å². The maximum absolute atomic E-state index is 6.39. The molecule has 0 aliphatic carbocycles. The maximum Gasteiger partial charge on any atom is 0.0863 e. The standard InChI is InChI=1S/C13H22Cl2N4/c1-3-11-13(15)12(17(2)16-11)10-19-8-6-18(5-4-14)7-9-19/h3-10H2,1-2H3. The van der Waals surface area contributed by atoms with Gasteiger partial charge in [0.15, 0.2) is 0 Å². The van der Waals surface area contributed by atoms with Gasteiger partial charge in [0.25, 0.3) is 0 Å². The summed E-state index contributed by atoms with van der Waals surface area (Å²) in [5, 5.41) is 5.31. The second kappa shape index (κ2) is 6.93. The Bertz CT molecular complexity index is 411. The summed E-state index contributed by atoms with van der Waals surface area (Å²) >= 11 is 12.2. The molecule has 1 aromatic heterocycles. The van der Waals surface area contributed by atoms with Gasteiger partial charge in [-0.3, -0.25) is 14.5 Å². The van der Waals surface area contributed by atoms with E-state index >= 15 is 0 Å². The van der Waals surface area contributed by atoms with Gasteiger partial charge in [0.05, 0.1) is 16.4 Å². The molecule has 1 fully saturated rings. The molecule has 0 saturated carbocycles. The summed E-state index contributed by atoms with van der Waals surface area (Å²) < 4.78 is 1.92. The zero-order valence-corrected chi connectivity index (χ0v) is 13.2. The van der Waals surface area contributed by atoms with Crippen molar-refractivity contribution in [3.8, 4) is 0 Å². The molecule has 19 heavy (non-hydrogen) atoms. The van der Waals surface area contributed by atoms with E-state index in [1.54, 1.807) is 0 Å². The van der Waals surface area contributed by atoms with Crippen LogP contribution < -0.4 is 0 Å². The van der Waals surface area contributed by atoms with Crippen LogP contribution in [-0.4, -0.2) is 58.2 Å². The Balaban J connectivity index is 1.94. The lowest BCUT2D eigenvalue weighted by Crippen LogP contribution is -2.46. The lowest BCUT2D eigenvalue weighted by atomic mass is 10.2. The molecule has 4 nitrogen and oxygen atoms in total. The first-order valence-corrected chi connectivity index (χ1v) is 7.77. The molecular weight excluding hydrogens is 283 g/mol. The highest BCUT2D eigenvalue weighted by atomic mass is 35.5. The number of piperazine rings is 1. The highest BCUT2D eigenvalue weighted by Gasteiger charge is 2.20. The van der Waals surface area contributed by atoms with Gasteiger partial charge < -0.3 is 0 Å². The van der Waals surface area contributed by atoms with E-state index in [-0.39, 0.29) is 0 Å². The van der Waals surface area contributed by atoms with Crippen LogP contribution in [0.15, 0.2) is 0 Å². The van der Waals surface area contributed by atoms with Crippen molar-refractivity contribution in [2.24, 2.45) is 7.05 Å². The van der Waals surface area contributed by atoms with E-state index in [0.717, 1.165) is 62.1 Å². The fourth-order valence-electron chi connectivity index (χ4n) is 2.49. The minimum absolute atomic E-state index is 0.716. The smallest absolute Gasteiger partial charge is 0.0863 e. The third kappa shape index (κ3) is 3.63. The first-order valence-electron chi connectivity index (χ1n) is 6.86. The lowest BCUT2D eigenvalue weighted by Gasteiger charge is -2.34. The molecule has 0 aromatic carbocycles. The van der Waals surface area contributed by atoms with E-state index in [2.05, 4.69) is 21.8 Å². The van der Waals surface area contributed by atoms with Crippen molar-refractivity contribution >= 4 is 23.2 Å². The fourth-order valence-corrected chi connectivity index (χ4v) is 3.09. The van der Waals surface area contributed by atoms with Crippen LogP contribution in [0.3, 0.4) is 0 Å². The number of halogens is 2. The average Bonchev–Trinajstić information content (AvgIpc) is 2.68. The van der Waals surface area contributed by atoms with Crippen molar-refractivity contribution in [2.75, 3.05) is 38.6 Å². The third-order valence-corrected chi connectivity index (χ3v) is 4.35. The van der Waals surface area contributed by atoms with Gasteiger partial charge in [0, 0.05) is 52.2 Å². The summed E-state index contributed by atoms with van der Waals surface area (Å²) in [6, 6.07) is 0. The SMILES string of the molecule is CCc1nn(C)c(CN2CCN(CCCl)CC2)c1Cl. The first kappa shape index (κ1) is 15.1. The molecule has 0 spiro atoms. The summed E-state index contributed by atoms with van der Waals surface area (Å²) in [4.78, 5) is 4.85. The summed E-state index contributed by atoms with van der Waals surface area (Å²) in [6.07, 6.45) is 0.885. The molecule has 2 heterocycles. The Kier molecular flexibility index (Phi) is 5.51. The van der Waals surface area contributed by atoms with Crippen molar-refractivity contribution in [1.29, 1.82) is 0 Å². The second-order valence-corrected chi connectivity index (χ2v) is 5.75. The zero-order chi connectivity index (χ0) is 13.8. The minimum Gasteiger partial charge on any atom is -0.300 e. The molecule has 2 rings (SSSR count). The molecule has 0 amide bonds. The maximum atomic E-state index is 6.39. The first-order chi connectivity index (χ1) is 9.15. The Hall–Kier alpha value is -0.290. The molecule has 0 radical (unpaired) electrons. The molecule has 1 aliphatic rings. The van der Waals surface area contributed by atoms with Crippen LogP contribution in [0.4, 0.5) is 0 Å². The predicted octanol–water partition coefficient (Wildman–Crippen LogP) is 1.99.